The van der Waals surface area contributed by atoms with Gasteiger partial charge in [0.1, 0.15) is 5.76 Å². The van der Waals surface area contributed by atoms with Crippen molar-refractivity contribution >= 4 is 0 Å². The summed E-state index contributed by atoms with van der Waals surface area (Å²) in [5, 5.41) is 9.34. The maximum atomic E-state index is 9.34. The number of rotatable bonds is 9. The second-order valence-electron chi connectivity index (χ2n) is 4.70. The Labute approximate surface area is 119 Å². The second-order valence-corrected chi connectivity index (χ2v) is 4.70. The molecule has 0 aromatic rings. The molecule has 0 heterocycles. The lowest BCUT2D eigenvalue weighted by Crippen LogP contribution is -1.96. The summed E-state index contributed by atoms with van der Waals surface area (Å²) < 4.78 is 9.96. The lowest BCUT2D eigenvalue weighted by Gasteiger charge is -2.09. The standard InChI is InChI=1S/C12H22O2.C4H10O/c1-5-6-7-8-12(13)14-11(4)9-10(2)3;1-3-5-4-2/h8,10,13H,4-7,9H2,1-3H3;3-4H2,1-2H3/b12-8+;. The molecule has 0 aromatic heterocycles. The quantitative estimate of drug-likeness (QED) is 0.463. The third-order valence-corrected chi connectivity index (χ3v) is 2.17. The first-order valence-electron chi connectivity index (χ1n) is 7.30. The fraction of sp³-hybridized carbons (Fsp3) is 0.750. The zero-order valence-electron chi connectivity index (χ0n) is 13.4. The van der Waals surface area contributed by atoms with Gasteiger partial charge < -0.3 is 14.6 Å². The average Bonchev–Trinajstić information content (AvgIpc) is 2.29. The van der Waals surface area contributed by atoms with Crippen LogP contribution in [0.1, 0.15) is 60.3 Å². The van der Waals surface area contributed by atoms with E-state index in [1.165, 1.54) is 0 Å². The van der Waals surface area contributed by atoms with Crippen molar-refractivity contribution in [3.05, 3.63) is 24.4 Å². The molecule has 114 valence electrons. The fourth-order valence-corrected chi connectivity index (χ4v) is 1.32. The largest absolute Gasteiger partial charge is 0.481 e. The molecule has 0 atom stereocenters. The molecule has 0 bridgehead atoms. The van der Waals surface area contributed by atoms with Crippen LogP contribution in [-0.4, -0.2) is 18.3 Å². The highest BCUT2D eigenvalue weighted by atomic mass is 16.6. The van der Waals surface area contributed by atoms with Gasteiger partial charge in [-0.2, -0.15) is 0 Å². The Kier molecular flexibility index (Phi) is 16.2. The van der Waals surface area contributed by atoms with Gasteiger partial charge in [-0.05, 0) is 38.7 Å². The third-order valence-electron chi connectivity index (χ3n) is 2.17. The Bertz CT molecular complexity index is 230. The molecule has 0 saturated heterocycles. The lowest BCUT2D eigenvalue weighted by molar-refractivity contribution is 0.136. The van der Waals surface area contributed by atoms with Gasteiger partial charge in [0.2, 0.25) is 0 Å². The van der Waals surface area contributed by atoms with Crippen molar-refractivity contribution in [2.75, 3.05) is 13.2 Å². The van der Waals surface area contributed by atoms with Gasteiger partial charge >= 0.3 is 0 Å². The van der Waals surface area contributed by atoms with E-state index in [0.29, 0.717) is 11.7 Å². The highest BCUT2D eigenvalue weighted by Crippen LogP contribution is 2.13. The third kappa shape index (κ3) is 19.6. The van der Waals surface area contributed by atoms with Crippen LogP contribution in [0.25, 0.3) is 0 Å². The minimum absolute atomic E-state index is 0.0101. The Hall–Kier alpha value is -0.960. The summed E-state index contributed by atoms with van der Waals surface area (Å²) in [6.45, 7) is 15.7. The van der Waals surface area contributed by atoms with E-state index < -0.39 is 0 Å². The van der Waals surface area contributed by atoms with Crippen molar-refractivity contribution < 1.29 is 14.6 Å². The van der Waals surface area contributed by atoms with Crippen molar-refractivity contribution in [3.63, 3.8) is 0 Å². The first kappa shape index (κ1) is 20.4. The van der Waals surface area contributed by atoms with Crippen molar-refractivity contribution in [2.24, 2.45) is 5.92 Å². The summed E-state index contributed by atoms with van der Waals surface area (Å²) in [4.78, 5) is 0. The molecule has 0 aliphatic carbocycles. The Morgan fingerprint density at radius 3 is 2.16 bits per heavy atom. The van der Waals surface area contributed by atoms with E-state index in [9.17, 15) is 5.11 Å². The molecular formula is C16H32O3. The maximum Gasteiger partial charge on any atom is 0.277 e. The molecule has 19 heavy (non-hydrogen) atoms. The molecule has 3 heteroatoms. The molecule has 0 fully saturated rings. The van der Waals surface area contributed by atoms with Crippen LogP contribution in [0.15, 0.2) is 24.4 Å². The predicted octanol–water partition coefficient (Wildman–Crippen LogP) is 5.20. The van der Waals surface area contributed by atoms with Crippen molar-refractivity contribution in [2.45, 2.75) is 60.3 Å². The number of ether oxygens (including phenoxy) is 2. The van der Waals surface area contributed by atoms with Crippen LogP contribution in [0.2, 0.25) is 0 Å². The summed E-state index contributed by atoms with van der Waals surface area (Å²) in [7, 11) is 0. The highest BCUT2D eigenvalue weighted by Gasteiger charge is 2.01. The van der Waals surface area contributed by atoms with Gasteiger partial charge in [0.15, 0.2) is 0 Å². The number of allylic oxidation sites excluding steroid dienone is 2. The molecule has 0 rings (SSSR count). The molecule has 0 aliphatic heterocycles. The zero-order chi connectivity index (χ0) is 15.1. The van der Waals surface area contributed by atoms with E-state index >= 15 is 0 Å². The number of hydrogen-bond donors (Lipinski definition) is 1. The first-order chi connectivity index (χ1) is 8.97. The van der Waals surface area contributed by atoms with Crippen LogP contribution in [0, 0.1) is 5.92 Å². The van der Waals surface area contributed by atoms with Crippen LogP contribution in [0.4, 0.5) is 0 Å². The van der Waals surface area contributed by atoms with Gasteiger partial charge in [-0.15, -0.1) is 0 Å². The van der Waals surface area contributed by atoms with E-state index in [-0.39, 0.29) is 5.95 Å². The maximum absolute atomic E-state index is 9.34. The van der Waals surface area contributed by atoms with Gasteiger partial charge in [0, 0.05) is 19.6 Å². The molecule has 0 unspecified atom stereocenters. The smallest absolute Gasteiger partial charge is 0.277 e. The fourth-order valence-electron chi connectivity index (χ4n) is 1.32. The van der Waals surface area contributed by atoms with Gasteiger partial charge in [-0.3, -0.25) is 0 Å². The van der Waals surface area contributed by atoms with Gasteiger partial charge in [-0.1, -0.05) is 33.8 Å². The molecule has 0 amide bonds. The molecule has 1 N–H and O–H groups in total. The van der Waals surface area contributed by atoms with Crippen LogP contribution < -0.4 is 0 Å². The van der Waals surface area contributed by atoms with E-state index in [4.69, 9.17) is 9.47 Å². The van der Waals surface area contributed by atoms with Gasteiger partial charge in [0.25, 0.3) is 5.95 Å². The van der Waals surface area contributed by atoms with Crippen LogP contribution in [0.5, 0.6) is 0 Å². The molecule has 0 aromatic carbocycles. The number of hydrogen-bond acceptors (Lipinski definition) is 3. The summed E-state index contributed by atoms with van der Waals surface area (Å²) in [5.41, 5.74) is 0. The topological polar surface area (TPSA) is 38.7 Å². The molecule has 0 saturated carbocycles. The van der Waals surface area contributed by atoms with E-state index in [0.717, 1.165) is 38.9 Å². The van der Waals surface area contributed by atoms with E-state index in [2.05, 4.69) is 27.4 Å². The molecular weight excluding hydrogens is 240 g/mol. The van der Waals surface area contributed by atoms with E-state index in [1.54, 1.807) is 6.08 Å². The average molecular weight is 272 g/mol. The Morgan fingerprint density at radius 1 is 1.21 bits per heavy atom. The van der Waals surface area contributed by atoms with Crippen molar-refractivity contribution in [1.82, 2.24) is 0 Å². The molecule has 0 radical (unpaired) electrons. The van der Waals surface area contributed by atoms with Crippen LogP contribution in [0.3, 0.4) is 0 Å². The van der Waals surface area contributed by atoms with Crippen molar-refractivity contribution in [3.8, 4) is 0 Å². The monoisotopic (exact) mass is 272 g/mol. The summed E-state index contributed by atoms with van der Waals surface area (Å²) >= 11 is 0. The predicted molar refractivity (Wildman–Crippen MR) is 82.1 cm³/mol. The molecule has 0 spiro atoms. The Balaban J connectivity index is 0. The minimum Gasteiger partial charge on any atom is -0.481 e. The molecule has 3 nitrogen and oxygen atoms in total. The number of aliphatic hydroxyl groups is 1. The van der Waals surface area contributed by atoms with Gasteiger partial charge in [0.05, 0.1) is 0 Å². The van der Waals surface area contributed by atoms with Crippen molar-refractivity contribution in [1.29, 1.82) is 0 Å². The summed E-state index contributed by atoms with van der Waals surface area (Å²) in [5.74, 6) is 1.13. The first-order valence-corrected chi connectivity index (χ1v) is 7.30. The summed E-state index contributed by atoms with van der Waals surface area (Å²) in [6, 6.07) is 0. The van der Waals surface area contributed by atoms with Crippen LogP contribution >= 0.6 is 0 Å². The normalized spacial score (nSPS) is 10.9. The number of aliphatic hydroxyl groups excluding tert-OH is 1. The number of unbranched alkanes of at least 4 members (excludes halogenated alkanes) is 2. The SMILES string of the molecule is C=C(CC(C)C)O/C(O)=C/CCCC.CCOCC. The Morgan fingerprint density at radius 2 is 1.79 bits per heavy atom. The van der Waals surface area contributed by atoms with Crippen LogP contribution in [-0.2, 0) is 9.47 Å². The lowest BCUT2D eigenvalue weighted by atomic mass is 10.1. The zero-order valence-corrected chi connectivity index (χ0v) is 13.4. The second kappa shape index (κ2) is 15.1. The van der Waals surface area contributed by atoms with Gasteiger partial charge in [-0.25, -0.2) is 0 Å². The van der Waals surface area contributed by atoms with E-state index in [1.807, 2.05) is 13.8 Å². The molecule has 0 aliphatic rings. The summed E-state index contributed by atoms with van der Waals surface area (Å²) in [6.07, 6.45) is 5.54. The minimum atomic E-state index is -0.0101. The highest BCUT2D eigenvalue weighted by molar-refractivity contribution is 4.92.